The molecule has 0 atom stereocenters. The van der Waals surface area contributed by atoms with E-state index in [-0.39, 0.29) is 18.4 Å². The maximum absolute atomic E-state index is 11.5. The largest absolute Gasteiger partial charge is 0.454 e. The van der Waals surface area contributed by atoms with Gasteiger partial charge in [0.25, 0.3) is 0 Å². The summed E-state index contributed by atoms with van der Waals surface area (Å²) >= 11 is 1.11. The smallest absolute Gasteiger partial charge is 0.231 e. The predicted octanol–water partition coefficient (Wildman–Crippen LogP) is 2.51. The summed E-state index contributed by atoms with van der Waals surface area (Å²) in [5.41, 5.74) is 1.53. The van der Waals surface area contributed by atoms with E-state index < -0.39 is 5.25 Å². The van der Waals surface area contributed by atoms with Crippen molar-refractivity contribution in [1.29, 1.82) is 0 Å². The molecule has 0 radical (unpaired) electrons. The van der Waals surface area contributed by atoms with E-state index in [4.69, 9.17) is 9.47 Å². The first-order chi connectivity index (χ1) is 11.0. The number of fused-ring (bicyclic) bond motifs is 1. The van der Waals surface area contributed by atoms with Crippen LogP contribution in [0.25, 0.3) is 11.3 Å². The minimum absolute atomic E-state index is 0.191. The molecule has 2 heterocycles. The predicted molar refractivity (Wildman–Crippen MR) is 84.6 cm³/mol. The molecule has 0 unspecified atom stereocenters. The minimum atomic E-state index is -0.735. The van der Waals surface area contributed by atoms with Gasteiger partial charge < -0.3 is 9.47 Å². The zero-order chi connectivity index (χ0) is 16.4. The Balaban J connectivity index is 1.79. The van der Waals surface area contributed by atoms with Crippen molar-refractivity contribution in [3.63, 3.8) is 0 Å². The van der Waals surface area contributed by atoms with Crippen LogP contribution in [-0.2, 0) is 9.59 Å². The van der Waals surface area contributed by atoms with Crippen LogP contribution in [-0.4, -0.2) is 33.8 Å². The highest BCUT2D eigenvalue weighted by molar-refractivity contribution is 8.01. The van der Waals surface area contributed by atoms with Crippen LogP contribution in [0.5, 0.6) is 11.5 Å². The number of ketones is 2. The van der Waals surface area contributed by atoms with Crippen LogP contribution < -0.4 is 9.47 Å². The fourth-order valence-electron chi connectivity index (χ4n) is 2.17. The molecular weight excluding hydrogens is 316 g/mol. The van der Waals surface area contributed by atoms with Crippen LogP contribution in [0.1, 0.15) is 13.8 Å². The van der Waals surface area contributed by atoms with Crippen LogP contribution >= 0.6 is 11.8 Å². The van der Waals surface area contributed by atoms with E-state index in [9.17, 15) is 9.59 Å². The Kier molecular flexibility index (Phi) is 4.29. The van der Waals surface area contributed by atoms with Gasteiger partial charge in [-0.15, -0.1) is 10.2 Å². The van der Waals surface area contributed by atoms with E-state index in [0.717, 1.165) is 17.3 Å². The van der Waals surface area contributed by atoms with Gasteiger partial charge in [-0.1, -0.05) is 11.8 Å². The Morgan fingerprint density at radius 1 is 1.04 bits per heavy atom. The molecule has 0 bridgehead atoms. The molecule has 6 nitrogen and oxygen atoms in total. The molecule has 0 spiro atoms. The van der Waals surface area contributed by atoms with Gasteiger partial charge in [0, 0.05) is 5.56 Å². The van der Waals surface area contributed by atoms with Crippen LogP contribution in [0, 0.1) is 0 Å². The summed E-state index contributed by atoms with van der Waals surface area (Å²) in [7, 11) is 0. The van der Waals surface area contributed by atoms with Gasteiger partial charge in [0.05, 0.1) is 5.69 Å². The van der Waals surface area contributed by atoms with Gasteiger partial charge in [-0.05, 0) is 44.2 Å². The van der Waals surface area contributed by atoms with Crippen molar-refractivity contribution in [2.24, 2.45) is 0 Å². The Bertz CT molecular complexity index is 747. The van der Waals surface area contributed by atoms with Gasteiger partial charge in [-0.2, -0.15) is 0 Å². The van der Waals surface area contributed by atoms with E-state index in [1.54, 1.807) is 12.1 Å². The third-order valence-electron chi connectivity index (χ3n) is 3.29. The van der Waals surface area contributed by atoms with Crippen molar-refractivity contribution in [1.82, 2.24) is 10.2 Å². The van der Waals surface area contributed by atoms with E-state index in [1.807, 2.05) is 18.2 Å². The molecule has 0 saturated heterocycles. The number of rotatable bonds is 5. The number of carbonyl (C=O) groups excluding carboxylic acids is 2. The third kappa shape index (κ3) is 3.34. The number of ether oxygens (including phenoxy) is 2. The summed E-state index contributed by atoms with van der Waals surface area (Å²) < 4.78 is 10.6. The van der Waals surface area contributed by atoms with Crippen molar-refractivity contribution in [2.75, 3.05) is 6.79 Å². The van der Waals surface area contributed by atoms with Gasteiger partial charge >= 0.3 is 0 Å². The molecule has 0 fully saturated rings. The van der Waals surface area contributed by atoms with Gasteiger partial charge in [0.2, 0.25) is 6.79 Å². The lowest BCUT2D eigenvalue weighted by Gasteiger charge is -2.09. The number of carbonyl (C=O) groups is 2. The number of Topliss-reactive ketones (excluding diaryl/α,β-unsaturated/α-hetero) is 2. The van der Waals surface area contributed by atoms with Gasteiger partial charge in [-0.25, -0.2) is 0 Å². The van der Waals surface area contributed by atoms with E-state index in [0.29, 0.717) is 22.2 Å². The average Bonchev–Trinajstić information content (AvgIpc) is 3.00. The number of thioether (sulfide) groups is 1. The normalized spacial score (nSPS) is 12.5. The van der Waals surface area contributed by atoms with Crippen LogP contribution in [0.15, 0.2) is 35.4 Å². The van der Waals surface area contributed by atoms with Crippen molar-refractivity contribution in [3.05, 3.63) is 30.3 Å². The van der Waals surface area contributed by atoms with Crippen molar-refractivity contribution < 1.29 is 19.1 Å². The van der Waals surface area contributed by atoms with E-state index in [1.165, 1.54) is 13.8 Å². The standard InChI is InChI=1S/C16H14N2O4S/c1-9(19)16(10(2)20)23-15-6-4-12(17-18-15)11-3-5-13-14(7-11)22-8-21-13/h3-7,16H,8H2,1-2H3. The lowest BCUT2D eigenvalue weighted by Crippen LogP contribution is -2.22. The first-order valence-electron chi connectivity index (χ1n) is 6.96. The van der Waals surface area contributed by atoms with Gasteiger partial charge in [0.15, 0.2) is 23.1 Å². The monoisotopic (exact) mass is 330 g/mol. The van der Waals surface area contributed by atoms with Crippen LogP contribution in [0.4, 0.5) is 0 Å². The average molecular weight is 330 g/mol. The fraction of sp³-hybridized carbons (Fsp3) is 0.250. The minimum Gasteiger partial charge on any atom is -0.454 e. The molecule has 0 N–H and O–H groups in total. The molecule has 2 aromatic rings. The SMILES string of the molecule is CC(=O)C(Sc1ccc(-c2ccc3c(c2)OCO3)nn1)C(C)=O. The summed E-state index contributed by atoms with van der Waals surface area (Å²) in [5, 5.41) is 8.04. The van der Waals surface area contributed by atoms with Crippen LogP contribution in [0.2, 0.25) is 0 Å². The van der Waals surface area contributed by atoms with E-state index in [2.05, 4.69) is 10.2 Å². The van der Waals surface area contributed by atoms with E-state index >= 15 is 0 Å². The topological polar surface area (TPSA) is 78.4 Å². The molecule has 1 aromatic heterocycles. The highest BCUT2D eigenvalue weighted by atomic mass is 32.2. The van der Waals surface area contributed by atoms with Crippen LogP contribution in [0.3, 0.4) is 0 Å². The molecule has 118 valence electrons. The number of hydrogen-bond acceptors (Lipinski definition) is 7. The van der Waals surface area contributed by atoms with Crippen molar-refractivity contribution in [2.45, 2.75) is 24.1 Å². The first kappa shape index (κ1) is 15.5. The Labute approximate surface area is 137 Å². The number of hydrogen-bond donors (Lipinski definition) is 0. The van der Waals surface area contributed by atoms with Gasteiger partial charge in [0.1, 0.15) is 10.3 Å². The molecule has 1 aliphatic heterocycles. The molecule has 1 aliphatic rings. The molecule has 0 amide bonds. The summed E-state index contributed by atoms with van der Waals surface area (Å²) in [6, 6.07) is 9.08. The molecule has 0 saturated carbocycles. The molecule has 1 aromatic carbocycles. The lowest BCUT2D eigenvalue weighted by atomic mass is 10.1. The summed E-state index contributed by atoms with van der Waals surface area (Å²) in [6.45, 7) is 3.01. The second kappa shape index (κ2) is 6.37. The molecular formula is C16H14N2O4S. The molecule has 3 rings (SSSR count). The Morgan fingerprint density at radius 3 is 2.43 bits per heavy atom. The molecule has 23 heavy (non-hydrogen) atoms. The number of benzene rings is 1. The Morgan fingerprint density at radius 2 is 1.78 bits per heavy atom. The summed E-state index contributed by atoms with van der Waals surface area (Å²) in [5.74, 6) is 1.00. The quantitative estimate of drug-likeness (QED) is 0.615. The first-order valence-corrected chi connectivity index (χ1v) is 7.84. The maximum atomic E-state index is 11.5. The Hall–Kier alpha value is -2.41. The van der Waals surface area contributed by atoms with Gasteiger partial charge in [-0.3, -0.25) is 9.59 Å². The zero-order valence-electron chi connectivity index (χ0n) is 12.6. The number of nitrogens with zero attached hydrogens (tertiary/aromatic N) is 2. The molecule has 7 heteroatoms. The maximum Gasteiger partial charge on any atom is 0.231 e. The third-order valence-corrected chi connectivity index (χ3v) is 4.64. The lowest BCUT2D eigenvalue weighted by molar-refractivity contribution is -0.123. The van der Waals surface area contributed by atoms with Crippen molar-refractivity contribution in [3.8, 4) is 22.8 Å². The second-order valence-electron chi connectivity index (χ2n) is 5.04. The summed E-state index contributed by atoms with van der Waals surface area (Å²) in [4.78, 5) is 22.9. The second-order valence-corrected chi connectivity index (χ2v) is 6.17. The number of aromatic nitrogens is 2. The highest BCUT2D eigenvalue weighted by Gasteiger charge is 2.21. The molecule has 0 aliphatic carbocycles. The van der Waals surface area contributed by atoms with Crippen molar-refractivity contribution >= 4 is 23.3 Å². The fourth-order valence-corrected chi connectivity index (χ4v) is 2.97. The highest BCUT2D eigenvalue weighted by Crippen LogP contribution is 2.35. The summed E-state index contributed by atoms with van der Waals surface area (Å²) in [6.07, 6.45) is 0. The zero-order valence-corrected chi connectivity index (χ0v) is 13.4.